The fraction of sp³-hybridized carbons (Fsp3) is 0.500. The van der Waals surface area contributed by atoms with Gasteiger partial charge in [0.05, 0.1) is 11.5 Å². The minimum absolute atomic E-state index is 0.0131. The molecule has 23 heavy (non-hydrogen) atoms. The first kappa shape index (κ1) is 17.7. The zero-order valence-electron chi connectivity index (χ0n) is 14.1. The molecule has 4 nitrogen and oxygen atoms in total. The van der Waals surface area contributed by atoms with Crippen LogP contribution in [0, 0.1) is 0 Å². The molecular weight excluding hydrogens is 306 g/mol. The standard InChI is InChI=1S/C18H25N3OS/c1-4-5-6-7-16-17(22)20-18(23-16)21-19-12-14-8-10-15(11-9-14)13(2)3/h8-13,16H,4-7H2,1-3H3,(H,20,21,22)/b19-12+. The Bertz CT molecular complexity index is 578. The Hall–Kier alpha value is -1.62. The first-order valence-electron chi connectivity index (χ1n) is 8.28. The molecule has 1 unspecified atom stereocenters. The number of hydrogen-bond acceptors (Lipinski definition) is 4. The van der Waals surface area contributed by atoms with Crippen LogP contribution in [0.5, 0.6) is 0 Å². The highest BCUT2D eigenvalue weighted by Gasteiger charge is 2.29. The van der Waals surface area contributed by atoms with Crippen molar-refractivity contribution < 1.29 is 4.79 Å². The second-order valence-electron chi connectivity index (χ2n) is 6.06. The van der Waals surface area contributed by atoms with Gasteiger partial charge in [0.1, 0.15) is 0 Å². The number of benzene rings is 1. The van der Waals surface area contributed by atoms with Crippen LogP contribution in [0.25, 0.3) is 0 Å². The number of carbonyl (C=O) groups excluding carboxylic acids is 1. The third-order valence-corrected chi connectivity index (χ3v) is 4.95. The summed E-state index contributed by atoms with van der Waals surface area (Å²) in [7, 11) is 0. The highest BCUT2D eigenvalue weighted by Crippen LogP contribution is 2.24. The minimum Gasteiger partial charge on any atom is -0.303 e. The molecule has 1 N–H and O–H groups in total. The molecule has 1 aromatic rings. The Balaban J connectivity index is 1.88. The molecule has 0 spiro atoms. The molecule has 1 fully saturated rings. The van der Waals surface area contributed by atoms with Crippen molar-refractivity contribution in [1.82, 2.24) is 5.32 Å². The van der Waals surface area contributed by atoms with Gasteiger partial charge in [0.2, 0.25) is 5.91 Å². The summed E-state index contributed by atoms with van der Waals surface area (Å²) >= 11 is 1.49. The first-order chi connectivity index (χ1) is 11.1. The van der Waals surface area contributed by atoms with Gasteiger partial charge >= 0.3 is 0 Å². The van der Waals surface area contributed by atoms with E-state index in [0.717, 1.165) is 18.4 Å². The maximum atomic E-state index is 11.8. The van der Waals surface area contributed by atoms with Gasteiger partial charge in [-0.05, 0) is 23.5 Å². The lowest BCUT2D eigenvalue weighted by Gasteiger charge is -2.04. The van der Waals surface area contributed by atoms with Crippen molar-refractivity contribution >= 4 is 29.1 Å². The van der Waals surface area contributed by atoms with E-state index in [-0.39, 0.29) is 11.2 Å². The molecule has 0 bridgehead atoms. The molecular formula is C18H25N3OS. The maximum Gasteiger partial charge on any atom is 0.239 e. The number of carbonyl (C=O) groups is 1. The molecule has 1 aliphatic heterocycles. The van der Waals surface area contributed by atoms with Crippen LogP contribution in [0.1, 0.15) is 63.5 Å². The van der Waals surface area contributed by atoms with Crippen LogP contribution >= 0.6 is 11.8 Å². The quantitative estimate of drug-likeness (QED) is 0.460. The maximum absolute atomic E-state index is 11.8. The summed E-state index contributed by atoms with van der Waals surface area (Å²) < 4.78 is 0. The van der Waals surface area contributed by atoms with Gasteiger partial charge in [-0.15, -0.1) is 5.10 Å². The molecule has 0 aliphatic carbocycles. The predicted molar refractivity (Wildman–Crippen MR) is 99.2 cm³/mol. The number of nitrogens with one attached hydrogen (secondary N) is 1. The molecule has 5 heteroatoms. The monoisotopic (exact) mass is 331 g/mol. The van der Waals surface area contributed by atoms with Gasteiger partial charge in [-0.25, -0.2) is 0 Å². The summed E-state index contributed by atoms with van der Waals surface area (Å²) in [4.78, 5) is 11.8. The third kappa shape index (κ3) is 5.50. The SMILES string of the molecule is CCCCCC1S/C(=N/N=C/c2ccc(C(C)C)cc2)NC1=O. The van der Waals surface area contributed by atoms with Crippen LogP contribution in [-0.2, 0) is 4.79 Å². The number of thioether (sulfide) groups is 1. The van der Waals surface area contributed by atoms with E-state index in [1.54, 1.807) is 6.21 Å². The van der Waals surface area contributed by atoms with E-state index in [9.17, 15) is 4.79 Å². The molecule has 0 saturated carbocycles. The summed E-state index contributed by atoms with van der Waals surface area (Å²) in [5.41, 5.74) is 2.31. The Morgan fingerprint density at radius 2 is 2.00 bits per heavy atom. The number of rotatable bonds is 7. The van der Waals surface area contributed by atoms with Gasteiger partial charge in [-0.2, -0.15) is 5.10 Å². The number of amides is 1. The van der Waals surface area contributed by atoms with Gasteiger partial charge in [0, 0.05) is 0 Å². The Morgan fingerprint density at radius 3 is 2.65 bits per heavy atom. The number of nitrogens with zero attached hydrogens (tertiary/aromatic N) is 2. The van der Waals surface area contributed by atoms with Crippen LogP contribution in [0.15, 0.2) is 34.5 Å². The average molecular weight is 331 g/mol. The van der Waals surface area contributed by atoms with Crippen molar-refractivity contribution in [3.8, 4) is 0 Å². The lowest BCUT2D eigenvalue weighted by atomic mass is 10.0. The van der Waals surface area contributed by atoms with Gasteiger partial charge in [-0.1, -0.05) is 76.1 Å². The molecule has 1 saturated heterocycles. The summed E-state index contributed by atoms with van der Waals surface area (Å²) in [6, 6.07) is 8.28. The largest absolute Gasteiger partial charge is 0.303 e. The molecule has 0 aromatic heterocycles. The number of hydrogen-bond donors (Lipinski definition) is 1. The third-order valence-electron chi connectivity index (χ3n) is 3.80. The minimum atomic E-state index is -0.0131. The summed E-state index contributed by atoms with van der Waals surface area (Å²) in [5.74, 6) is 0.581. The topological polar surface area (TPSA) is 53.8 Å². The van der Waals surface area contributed by atoms with Crippen molar-refractivity contribution in [2.24, 2.45) is 10.2 Å². The van der Waals surface area contributed by atoms with Crippen molar-refractivity contribution in [2.75, 3.05) is 0 Å². The van der Waals surface area contributed by atoms with E-state index in [4.69, 9.17) is 0 Å². The van der Waals surface area contributed by atoms with E-state index in [0.29, 0.717) is 11.1 Å². The Labute approximate surface area is 142 Å². The lowest BCUT2D eigenvalue weighted by molar-refractivity contribution is -0.118. The van der Waals surface area contributed by atoms with Gasteiger partial charge in [0.25, 0.3) is 0 Å². The van der Waals surface area contributed by atoms with E-state index in [1.165, 1.54) is 30.2 Å². The van der Waals surface area contributed by atoms with Crippen molar-refractivity contribution in [3.63, 3.8) is 0 Å². The second kappa shape index (κ2) is 8.87. The molecule has 1 aromatic carbocycles. The lowest BCUT2D eigenvalue weighted by Crippen LogP contribution is -2.24. The van der Waals surface area contributed by atoms with E-state index in [2.05, 4.69) is 48.4 Å². The Kier molecular flexibility index (Phi) is 6.84. The van der Waals surface area contributed by atoms with E-state index >= 15 is 0 Å². The number of unbranched alkanes of at least 4 members (excludes halogenated alkanes) is 2. The van der Waals surface area contributed by atoms with Crippen LogP contribution in [-0.4, -0.2) is 22.5 Å². The fourth-order valence-corrected chi connectivity index (χ4v) is 3.31. The normalized spacial score (nSPS) is 19.9. The molecule has 1 amide bonds. The number of amidine groups is 1. The van der Waals surface area contributed by atoms with Crippen molar-refractivity contribution in [1.29, 1.82) is 0 Å². The van der Waals surface area contributed by atoms with E-state index < -0.39 is 0 Å². The highest BCUT2D eigenvalue weighted by atomic mass is 32.2. The van der Waals surface area contributed by atoms with Crippen molar-refractivity contribution in [3.05, 3.63) is 35.4 Å². The van der Waals surface area contributed by atoms with Crippen molar-refractivity contribution in [2.45, 2.75) is 57.6 Å². The zero-order chi connectivity index (χ0) is 16.7. The average Bonchev–Trinajstić information content (AvgIpc) is 2.88. The summed E-state index contributed by atoms with van der Waals surface area (Å²) in [6.45, 7) is 6.51. The molecule has 124 valence electrons. The van der Waals surface area contributed by atoms with Crippen LogP contribution in [0.3, 0.4) is 0 Å². The Morgan fingerprint density at radius 1 is 1.26 bits per heavy atom. The second-order valence-corrected chi connectivity index (χ2v) is 7.25. The van der Waals surface area contributed by atoms with E-state index in [1.807, 2.05) is 12.1 Å². The molecule has 1 aliphatic rings. The molecule has 1 heterocycles. The van der Waals surface area contributed by atoms with Crippen LogP contribution < -0.4 is 5.32 Å². The summed E-state index contributed by atoms with van der Waals surface area (Å²) in [6.07, 6.45) is 6.04. The van der Waals surface area contributed by atoms with Gasteiger partial charge in [0.15, 0.2) is 5.17 Å². The fourth-order valence-electron chi connectivity index (χ4n) is 2.34. The van der Waals surface area contributed by atoms with Gasteiger partial charge < -0.3 is 5.32 Å². The highest BCUT2D eigenvalue weighted by molar-refractivity contribution is 8.15. The predicted octanol–water partition coefficient (Wildman–Crippen LogP) is 4.31. The van der Waals surface area contributed by atoms with Crippen LogP contribution in [0.4, 0.5) is 0 Å². The summed E-state index contributed by atoms with van der Waals surface area (Å²) in [5, 5.41) is 11.6. The van der Waals surface area contributed by atoms with Gasteiger partial charge in [-0.3, -0.25) is 4.79 Å². The molecule has 2 rings (SSSR count). The first-order valence-corrected chi connectivity index (χ1v) is 9.16. The van der Waals surface area contributed by atoms with Crippen LogP contribution in [0.2, 0.25) is 0 Å². The molecule has 0 radical (unpaired) electrons. The smallest absolute Gasteiger partial charge is 0.239 e. The zero-order valence-corrected chi connectivity index (χ0v) is 14.9. The molecule has 1 atom stereocenters.